The van der Waals surface area contributed by atoms with E-state index in [1.807, 2.05) is 0 Å². The molecular weight excluding hydrogens is 413 g/mol. The lowest BCUT2D eigenvalue weighted by Crippen LogP contribution is -2.34. The van der Waals surface area contributed by atoms with Gasteiger partial charge in [-0.25, -0.2) is 23.7 Å². The zero-order valence-electron chi connectivity index (χ0n) is 13.1. The van der Waals surface area contributed by atoms with E-state index < -0.39 is 49.4 Å². The highest BCUT2D eigenvalue weighted by Gasteiger charge is 2.45. The van der Waals surface area contributed by atoms with Crippen molar-refractivity contribution in [2.75, 3.05) is 12.3 Å². The number of hydrogen-bond acceptors (Lipinski definition) is 12. The third-order valence-corrected chi connectivity index (χ3v) is 5.50. The average molecular weight is 427 g/mol. The number of aliphatic hydroxyl groups excluding tert-OH is 2. The molecule has 6 N–H and O–H groups in total. The summed E-state index contributed by atoms with van der Waals surface area (Å²) in [5.41, 5.74) is 6.07. The first-order valence-electron chi connectivity index (χ1n) is 7.09. The van der Waals surface area contributed by atoms with Crippen molar-refractivity contribution in [1.82, 2.24) is 19.5 Å². The van der Waals surface area contributed by atoms with Gasteiger partial charge in [-0.05, 0) is 0 Å². The fraction of sp³-hybridized carbons (Fsp3) is 0.500. The van der Waals surface area contributed by atoms with Gasteiger partial charge in [0.2, 0.25) is 0 Å². The molecule has 1 aliphatic rings. The van der Waals surface area contributed by atoms with Crippen LogP contribution < -0.4 is 5.73 Å². The topological polar surface area (TPSA) is 229 Å². The second kappa shape index (κ2) is 7.01. The minimum atomic E-state index is -5.36. The molecular formula is C10H14N5O10PS. The van der Waals surface area contributed by atoms with E-state index in [-0.39, 0.29) is 17.0 Å². The monoisotopic (exact) mass is 427 g/mol. The Morgan fingerprint density at radius 1 is 1.26 bits per heavy atom. The quantitative estimate of drug-likeness (QED) is 0.298. The van der Waals surface area contributed by atoms with Gasteiger partial charge in [-0.2, -0.15) is 8.42 Å². The molecule has 2 aromatic heterocycles. The molecule has 1 saturated heterocycles. The summed E-state index contributed by atoms with van der Waals surface area (Å²) < 4.78 is 47.6. The second-order valence-corrected chi connectivity index (χ2v) is 8.02. The summed E-state index contributed by atoms with van der Waals surface area (Å²) in [6, 6.07) is 0. The number of nitrogens with zero attached hydrogens (tertiary/aromatic N) is 4. The van der Waals surface area contributed by atoms with Crippen LogP contribution >= 0.6 is 7.82 Å². The second-order valence-electron chi connectivity index (χ2n) is 5.39. The summed E-state index contributed by atoms with van der Waals surface area (Å²) in [5.74, 6) is 0.0762. The molecule has 1 aliphatic heterocycles. The van der Waals surface area contributed by atoms with Crippen LogP contribution in [-0.4, -0.2) is 72.9 Å². The molecule has 0 aromatic carbocycles. The molecule has 0 unspecified atom stereocenters. The van der Waals surface area contributed by atoms with Gasteiger partial charge in [-0.1, -0.05) is 0 Å². The lowest BCUT2D eigenvalue weighted by atomic mass is 10.1. The first-order chi connectivity index (χ1) is 12.5. The molecule has 4 atom stereocenters. The van der Waals surface area contributed by atoms with Crippen molar-refractivity contribution in [2.24, 2.45) is 0 Å². The number of hydrogen-bond donors (Lipinski definition) is 5. The highest BCUT2D eigenvalue weighted by Crippen LogP contribution is 2.39. The Balaban J connectivity index is 1.76. The van der Waals surface area contributed by atoms with Crippen molar-refractivity contribution in [2.45, 2.75) is 24.5 Å². The minimum absolute atomic E-state index is 0.0762. The minimum Gasteiger partial charge on any atom is -0.387 e. The van der Waals surface area contributed by atoms with E-state index in [1.165, 1.54) is 10.9 Å². The predicted octanol–water partition coefficient (Wildman–Crippen LogP) is -2.60. The Hall–Kier alpha value is -1.75. The number of nitrogens with two attached hydrogens (primary N) is 1. The van der Waals surface area contributed by atoms with E-state index in [4.69, 9.17) is 20.3 Å². The van der Waals surface area contributed by atoms with Crippen molar-refractivity contribution in [1.29, 1.82) is 0 Å². The highest BCUT2D eigenvalue weighted by atomic mass is 32.3. The van der Waals surface area contributed by atoms with Crippen LogP contribution in [0.3, 0.4) is 0 Å². The first kappa shape index (κ1) is 20.0. The molecule has 17 heteroatoms. The zero-order valence-corrected chi connectivity index (χ0v) is 14.8. The van der Waals surface area contributed by atoms with Gasteiger partial charge < -0.3 is 30.5 Å². The summed E-state index contributed by atoms with van der Waals surface area (Å²) in [6.07, 6.45) is -3.35. The van der Waals surface area contributed by atoms with Gasteiger partial charge in [-0.3, -0.25) is 4.57 Å². The lowest BCUT2D eigenvalue weighted by Gasteiger charge is -2.16. The van der Waals surface area contributed by atoms with Crippen LogP contribution in [0.4, 0.5) is 5.82 Å². The average Bonchev–Trinajstić information content (AvgIpc) is 3.07. The Labute approximate surface area is 150 Å². The van der Waals surface area contributed by atoms with Crippen molar-refractivity contribution in [3.63, 3.8) is 0 Å². The van der Waals surface area contributed by atoms with E-state index in [0.717, 1.165) is 6.33 Å². The fourth-order valence-electron chi connectivity index (χ4n) is 2.44. The summed E-state index contributed by atoms with van der Waals surface area (Å²) in [5, 5.41) is 20.2. The van der Waals surface area contributed by atoms with Crippen LogP contribution in [0.2, 0.25) is 0 Å². The molecule has 0 radical (unpaired) electrons. The number of imidazole rings is 1. The van der Waals surface area contributed by atoms with E-state index in [2.05, 4.69) is 23.1 Å². The number of aromatic nitrogens is 4. The first-order valence-corrected chi connectivity index (χ1v) is 9.95. The molecule has 2 aromatic rings. The Bertz CT molecular complexity index is 991. The molecule has 15 nitrogen and oxygen atoms in total. The molecule has 3 rings (SSSR count). The maximum atomic E-state index is 11.3. The molecule has 150 valence electrons. The van der Waals surface area contributed by atoms with Gasteiger partial charge in [0.25, 0.3) is 0 Å². The van der Waals surface area contributed by atoms with Crippen molar-refractivity contribution >= 4 is 35.2 Å². The van der Waals surface area contributed by atoms with Gasteiger partial charge >= 0.3 is 18.2 Å². The summed E-state index contributed by atoms with van der Waals surface area (Å²) in [6.45, 7) is -0.888. The van der Waals surface area contributed by atoms with E-state index in [1.54, 1.807) is 0 Å². The molecule has 0 spiro atoms. The van der Waals surface area contributed by atoms with Crippen LogP contribution in [0.5, 0.6) is 0 Å². The summed E-state index contributed by atoms with van der Waals surface area (Å²) >= 11 is 0. The maximum absolute atomic E-state index is 11.3. The molecule has 3 heterocycles. The van der Waals surface area contributed by atoms with E-state index in [9.17, 15) is 23.2 Å². The van der Waals surface area contributed by atoms with E-state index in [0.29, 0.717) is 0 Å². The smallest absolute Gasteiger partial charge is 0.387 e. The normalized spacial score (nSPS) is 26.7. The maximum Gasteiger partial charge on any atom is 0.486 e. The van der Waals surface area contributed by atoms with Crippen LogP contribution in [0.25, 0.3) is 11.2 Å². The highest BCUT2D eigenvalue weighted by molar-refractivity contribution is 7.86. The molecule has 27 heavy (non-hydrogen) atoms. The number of ether oxygens (including phenoxy) is 1. The summed E-state index contributed by atoms with van der Waals surface area (Å²) in [7, 11) is -10.4. The van der Waals surface area contributed by atoms with Crippen LogP contribution in [0.1, 0.15) is 6.23 Å². The third-order valence-electron chi connectivity index (χ3n) is 3.56. The number of fused-ring (bicyclic) bond motifs is 1. The van der Waals surface area contributed by atoms with Gasteiger partial charge in [0.05, 0.1) is 12.9 Å². The van der Waals surface area contributed by atoms with Crippen molar-refractivity contribution in [3.8, 4) is 0 Å². The number of rotatable bonds is 6. The Morgan fingerprint density at radius 3 is 2.63 bits per heavy atom. The SMILES string of the molecule is Nc1ncnc2c1ncn2[C@@H]1O[C@H](COS(=O)(=O)OP(=O)(O)O)[C@@H](O)[C@H]1O. The molecule has 0 aliphatic carbocycles. The van der Waals surface area contributed by atoms with Gasteiger partial charge in [-0.15, -0.1) is 3.97 Å². The van der Waals surface area contributed by atoms with Gasteiger partial charge in [0, 0.05) is 0 Å². The largest absolute Gasteiger partial charge is 0.486 e. The molecule has 0 bridgehead atoms. The number of nitrogen functional groups attached to an aromatic ring is 1. The molecule has 0 saturated carbocycles. The predicted molar refractivity (Wildman–Crippen MR) is 83.7 cm³/mol. The van der Waals surface area contributed by atoms with E-state index >= 15 is 0 Å². The standard InChI is InChI=1S/C10H14N5O10PS/c11-8-5-9(13-2-12-8)15(3-14-5)10-7(17)6(16)4(24-10)1-23-27(21,22)25-26(18,19)20/h2-4,6-7,10,16-17H,1H2,(H2,11,12,13)(H2,18,19,20)/t4-,6-,7-,10-/m1/s1. The van der Waals surface area contributed by atoms with Gasteiger partial charge in [0.1, 0.15) is 30.2 Å². The number of aliphatic hydroxyl groups is 2. The molecule has 0 amide bonds. The Morgan fingerprint density at radius 2 is 1.96 bits per heavy atom. The van der Waals surface area contributed by atoms with Crippen LogP contribution in [0.15, 0.2) is 12.7 Å². The Kier molecular flexibility index (Phi) is 5.19. The van der Waals surface area contributed by atoms with Crippen LogP contribution in [0, 0.1) is 0 Å². The lowest BCUT2D eigenvalue weighted by molar-refractivity contribution is -0.0477. The summed E-state index contributed by atoms with van der Waals surface area (Å²) in [4.78, 5) is 28.7. The number of phosphoric acid groups is 1. The van der Waals surface area contributed by atoms with Crippen molar-refractivity contribution < 1.29 is 45.9 Å². The third kappa shape index (κ3) is 4.23. The molecule has 1 fully saturated rings. The number of anilines is 1. The van der Waals surface area contributed by atoms with Gasteiger partial charge in [0.15, 0.2) is 17.7 Å². The zero-order chi connectivity index (χ0) is 20.0. The van der Waals surface area contributed by atoms with Crippen LogP contribution in [-0.2, 0) is 27.9 Å². The fourth-order valence-corrected chi connectivity index (χ4v) is 3.87. The van der Waals surface area contributed by atoms with Crippen molar-refractivity contribution in [3.05, 3.63) is 12.7 Å².